The van der Waals surface area contributed by atoms with Crippen molar-refractivity contribution in [1.29, 1.82) is 0 Å². The van der Waals surface area contributed by atoms with Crippen molar-refractivity contribution in [3.05, 3.63) is 188 Å². The Hall–Kier alpha value is -7.63. The van der Waals surface area contributed by atoms with Crippen molar-refractivity contribution in [2.24, 2.45) is 0 Å². The Morgan fingerprint density at radius 3 is 1.68 bits per heavy atom. The van der Waals surface area contributed by atoms with Crippen LogP contribution in [0, 0.1) is 0 Å². The molecule has 5 heteroatoms. The molecular formula is C51H31N3O2. The number of fused-ring (bicyclic) bond motifs is 6. The van der Waals surface area contributed by atoms with E-state index < -0.39 is 0 Å². The first-order valence-corrected chi connectivity index (χ1v) is 18.2. The van der Waals surface area contributed by atoms with E-state index in [-0.39, 0.29) is 86.8 Å². The minimum Gasteiger partial charge on any atom is -0.456 e. The van der Waals surface area contributed by atoms with E-state index in [1.165, 1.54) is 0 Å². The molecule has 3 aromatic heterocycles. The number of nitrogens with zero attached hydrogens (tertiary/aromatic N) is 3. The molecule has 11 aromatic rings. The molecule has 11 rings (SSSR count). The van der Waals surface area contributed by atoms with Crippen LogP contribution in [0.15, 0.2) is 197 Å². The maximum absolute atomic E-state index is 9.63. The van der Waals surface area contributed by atoms with Gasteiger partial charge < -0.3 is 8.83 Å². The van der Waals surface area contributed by atoms with Crippen LogP contribution in [0.1, 0.15) is 8.22 Å². The molecule has 0 saturated carbocycles. The number of furan rings is 2. The van der Waals surface area contributed by atoms with Gasteiger partial charge in [-0.15, -0.1) is 0 Å². The number of hydrogen-bond acceptors (Lipinski definition) is 5. The monoisotopic (exact) mass is 723 g/mol. The number of benzene rings is 8. The highest BCUT2D eigenvalue weighted by Gasteiger charge is 2.19. The fourth-order valence-electron chi connectivity index (χ4n) is 7.34. The van der Waals surface area contributed by atoms with Gasteiger partial charge in [0, 0.05) is 32.7 Å². The van der Waals surface area contributed by atoms with Gasteiger partial charge in [0.15, 0.2) is 17.5 Å². The predicted molar refractivity (Wildman–Crippen MR) is 227 cm³/mol. The second kappa shape index (κ2) is 13.0. The zero-order valence-electron chi connectivity index (χ0n) is 35.6. The van der Waals surface area contributed by atoms with Crippen molar-refractivity contribution in [1.82, 2.24) is 15.0 Å². The Morgan fingerprint density at radius 2 is 0.946 bits per heavy atom. The lowest BCUT2D eigenvalue weighted by molar-refractivity contribution is 0.668. The summed E-state index contributed by atoms with van der Waals surface area (Å²) in [5, 5.41) is 2.12. The summed E-state index contributed by atoms with van der Waals surface area (Å²) in [5.74, 6) is 0.491. The van der Waals surface area contributed by atoms with Crippen LogP contribution in [0.5, 0.6) is 0 Å². The molecule has 0 N–H and O–H groups in total. The van der Waals surface area contributed by atoms with Crippen LogP contribution in [-0.2, 0) is 0 Å². The van der Waals surface area contributed by atoms with E-state index in [0.717, 1.165) is 33.0 Å². The molecule has 8 aromatic carbocycles. The highest BCUT2D eigenvalue weighted by atomic mass is 16.3. The van der Waals surface area contributed by atoms with Crippen LogP contribution in [0.4, 0.5) is 0 Å². The van der Waals surface area contributed by atoms with Gasteiger partial charge in [0.2, 0.25) is 0 Å². The van der Waals surface area contributed by atoms with E-state index >= 15 is 0 Å². The molecule has 3 heterocycles. The first kappa shape index (κ1) is 26.2. The first-order valence-electron chi connectivity index (χ1n) is 21.2. The third kappa shape index (κ3) is 5.45. The predicted octanol–water partition coefficient (Wildman–Crippen LogP) is 13.7. The lowest BCUT2D eigenvalue weighted by atomic mass is 9.96. The van der Waals surface area contributed by atoms with Crippen molar-refractivity contribution in [3.8, 4) is 67.5 Å². The second-order valence-corrected chi connectivity index (χ2v) is 13.5. The lowest BCUT2D eigenvalue weighted by Gasteiger charge is -2.10. The van der Waals surface area contributed by atoms with Crippen LogP contribution in [0.25, 0.3) is 111 Å². The molecule has 0 radical (unpaired) electrons. The molecule has 0 spiro atoms. The minimum absolute atomic E-state index is 0.0266. The number of hydrogen-bond donors (Lipinski definition) is 0. The van der Waals surface area contributed by atoms with Gasteiger partial charge in [0.25, 0.3) is 0 Å². The van der Waals surface area contributed by atoms with E-state index in [1.807, 2.05) is 152 Å². The van der Waals surface area contributed by atoms with Gasteiger partial charge in [-0.2, -0.15) is 0 Å². The first-order chi connectivity index (χ1) is 30.2. The van der Waals surface area contributed by atoms with Crippen molar-refractivity contribution in [3.63, 3.8) is 0 Å². The number of aromatic nitrogens is 3. The van der Waals surface area contributed by atoms with Crippen LogP contribution >= 0.6 is 0 Å². The zero-order chi connectivity index (χ0) is 42.2. The van der Waals surface area contributed by atoms with Crippen molar-refractivity contribution < 1.29 is 17.1 Å². The Morgan fingerprint density at radius 1 is 0.357 bits per heavy atom. The molecule has 0 amide bonds. The Bertz CT molecular complexity index is 3570. The fourth-order valence-corrected chi connectivity index (χ4v) is 7.34. The molecule has 0 aliphatic rings. The fraction of sp³-hybridized carbons (Fsp3) is 0. The summed E-state index contributed by atoms with van der Waals surface area (Å²) in [4.78, 5) is 14.7. The smallest absolute Gasteiger partial charge is 0.167 e. The van der Waals surface area contributed by atoms with Crippen molar-refractivity contribution in [2.45, 2.75) is 0 Å². The summed E-state index contributed by atoms with van der Waals surface area (Å²) in [7, 11) is 0. The molecule has 0 unspecified atom stereocenters. The highest BCUT2D eigenvalue weighted by Crippen LogP contribution is 2.40. The summed E-state index contributed by atoms with van der Waals surface area (Å²) in [6.07, 6.45) is 0. The molecular weight excluding hydrogens is 687 g/mol. The summed E-state index contributed by atoms with van der Waals surface area (Å²) >= 11 is 0. The van der Waals surface area contributed by atoms with Gasteiger partial charge in [0.05, 0.1) is 13.8 Å². The molecule has 0 fully saturated rings. The highest BCUT2D eigenvalue weighted by molar-refractivity contribution is 6.13. The van der Waals surface area contributed by atoms with Crippen LogP contribution in [0.2, 0.25) is 0 Å². The quantitative estimate of drug-likeness (QED) is 0.171. The Balaban J connectivity index is 1.14. The molecule has 0 bridgehead atoms. The summed E-state index contributed by atoms with van der Waals surface area (Å²) in [5.41, 5.74) is 7.16. The van der Waals surface area contributed by atoms with E-state index in [0.29, 0.717) is 27.9 Å². The van der Waals surface area contributed by atoms with E-state index in [2.05, 4.69) is 0 Å². The Labute approximate surface area is 330 Å². The number of rotatable bonds is 6. The van der Waals surface area contributed by atoms with E-state index in [9.17, 15) is 4.11 Å². The van der Waals surface area contributed by atoms with Gasteiger partial charge >= 0.3 is 0 Å². The molecule has 0 atom stereocenters. The lowest BCUT2D eigenvalue weighted by Crippen LogP contribution is -2.00. The van der Waals surface area contributed by atoms with Gasteiger partial charge in [-0.1, -0.05) is 158 Å². The third-order valence-electron chi connectivity index (χ3n) is 10.1. The van der Waals surface area contributed by atoms with Crippen LogP contribution in [0.3, 0.4) is 0 Å². The summed E-state index contributed by atoms with van der Waals surface area (Å²) in [6, 6.07) is 46.8. The minimum atomic E-state index is -0.354. The molecule has 0 saturated heterocycles. The van der Waals surface area contributed by atoms with Gasteiger partial charge in [-0.25, -0.2) is 15.0 Å². The van der Waals surface area contributed by atoms with E-state index in [4.69, 9.17) is 27.9 Å². The van der Waals surface area contributed by atoms with Crippen LogP contribution < -0.4 is 0 Å². The van der Waals surface area contributed by atoms with Crippen molar-refractivity contribution in [2.75, 3.05) is 0 Å². The normalized spacial score (nSPS) is 13.1. The van der Waals surface area contributed by atoms with Gasteiger partial charge in [-0.05, 0) is 63.6 Å². The molecule has 0 aliphatic carbocycles. The standard InChI is InChI=1S/C51H31N3O2/c1-3-11-32(12-4-1)34-21-25-36(26-22-34)39-16-10-20-45-47(39)42-30-29-38(31-46(42)55-45)50-52-49(37-27-23-35(24-28-37)33-13-5-2-6-14-33)53-51(54-50)43-18-9-17-41-40-15-7-8-19-44(40)56-48(41)43/h1-31H/i10D,16D,20D,29D,30D,31D. The van der Waals surface area contributed by atoms with E-state index in [1.54, 1.807) is 0 Å². The topological polar surface area (TPSA) is 65.0 Å². The average molecular weight is 724 g/mol. The van der Waals surface area contributed by atoms with Crippen LogP contribution in [-0.4, -0.2) is 15.0 Å². The average Bonchev–Trinajstić information content (AvgIpc) is 3.91. The zero-order valence-corrected chi connectivity index (χ0v) is 29.6. The summed E-state index contributed by atoms with van der Waals surface area (Å²) < 4.78 is 68.0. The van der Waals surface area contributed by atoms with Crippen molar-refractivity contribution >= 4 is 43.9 Å². The molecule has 5 nitrogen and oxygen atoms in total. The maximum atomic E-state index is 9.63. The summed E-state index contributed by atoms with van der Waals surface area (Å²) in [6.45, 7) is 0. The SMILES string of the molecule is [2H]c1c([2H])c(-c2ccc(-c3ccccc3)cc2)c2c(oc3c([2H])c(-c4nc(-c5ccc(-c6ccccc6)cc5)nc(-c5cccc6c5oc5ccccc56)n4)c([2H])c([2H])c32)c1[2H]. The van der Waals surface area contributed by atoms with Gasteiger partial charge in [-0.3, -0.25) is 0 Å². The second-order valence-electron chi connectivity index (χ2n) is 13.5. The molecule has 56 heavy (non-hydrogen) atoms. The largest absolute Gasteiger partial charge is 0.456 e. The Kier molecular flexibility index (Phi) is 6.10. The van der Waals surface area contributed by atoms with Gasteiger partial charge in [0.1, 0.15) is 22.3 Å². The number of para-hydroxylation sites is 2. The molecule has 262 valence electrons. The third-order valence-corrected chi connectivity index (χ3v) is 10.1. The molecule has 0 aliphatic heterocycles. The maximum Gasteiger partial charge on any atom is 0.167 e.